The van der Waals surface area contributed by atoms with E-state index in [0.717, 1.165) is 22.9 Å². The summed E-state index contributed by atoms with van der Waals surface area (Å²) < 4.78 is 0. The highest BCUT2D eigenvalue weighted by Crippen LogP contribution is 2.23. The first-order chi connectivity index (χ1) is 9.58. The van der Waals surface area contributed by atoms with Crippen molar-refractivity contribution in [2.45, 2.75) is 25.8 Å². The molecule has 20 heavy (non-hydrogen) atoms. The Balaban J connectivity index is 1.96. The maximum Gasteiger partial charge on any atom is 0.326 e. The Morgan fingerprint density at radius 2 is 2.20 bits per heavy atom. The van der Waals surface area contributed by atoms with Gasteiger partial charge in [0.15, 0.2) is 0 Å². The van der Waals surface area contributed by atoms with E-state index in [9.17, 15) is 9.59 Å². The number of amides is 1. The number of hydrogen-bond donors (Lipinski definition) is 2. The summed E-state index contributed by atoms with van der Waals surface area (Å²) >= 11 is 0. The third-order valence-corrected chi connectivity index (χ3v) is 3.89. The lowest BCUT2D eigenvalue weighted by molar-refractivity contribution is -0.141. The zero-order valence-electron chi connectivity index (χ0n) is 11.2. The lowest BCUT2D eigenvalue weighted by Gasteiger charge is -2.20. The first-order valence-corrected chi connectivity index (χ1v) is 6.70. The van der Waals surface area contributed by atoms with Crippen LogP contribution in [0.5, 0.6) is 0 Å². The second-order valence-electron chi connectivity index (χ2n) is 5.22. The molecule has 1 saturated heterocycles. The molecule has 5 heteroatoms. The molecule has 0 spiro atoms. The number of carboxylic acid groups (broad SMARTS) is 1. The molecule has 1 aliphatic rings. The van der Waals surface area contributed by atoms with Gasteiger partial charge in [-0.1, -0.05) is 18.2 Å². The topological polar surface area (TPSA) is 73.4 Å². The van der Waals surface area contributed by atoms with Gasteiger partial charge in [-0.15, -0.1) is 0 Å². The van der Waals surface area contributed by atoms with Crippen molar-refractivity contribution >= 4 is 22.8 Å². The van der Waals surface area contributed by atoms with Crippen LogP contribution in [0.1, 0.15) is 28.9 Å². The Hall–Kier alpha value is -2.30. The number of nitrogens with one attached hydrogen (secondary N) is 1. The summed E-state index contributed by atoms with van der Waals surface area (Å²) in [5.41, 5.74) is 2.46. The number of hydrogen-bond acceptors (Lipinski definition) is 2. The largest absolute Gasteiger partial charge is 0.480 e. The molecule has 0 bridgehead atoms. The van der Waals surface area contributed by atoms with Gasteiger partial charge in [-0.2, -0.15) is 0 Å². The van der Waals surface area contributed by atoms with Crippen molar-refractivity contribution in [3.8, 4) is 0 Å². The number of fused-ring (bicyclic) bond motifs is 1. The molecule has 0 aliphatic carbocycles. The fraction of sp³-hybridized carbons (Fsp3) is 0.333. The molecule has 2 heterocycles. The molecule has 0 radical (unpaired) electrons. The van der Waals surface area contributed by atoms with Gasteiger partial charge in [0.1, 0.15) is 11.7 Å². The van der Waals surface area contributed by atoms with Gasteiger partial charge < -0.3 is 15.0 Å². The Kier molecular flexibility index (Phi) is 2.97. The van der Waals surface area contributed by atoms with Gasteiger partial charge in [-0.05, 0) is 31.4 Å². The Morgan fingerprint density at radius 1 is 1.40 bits per heavy atom. The minimum atomic E-state index is -0.928. The van der Waals surface area contributed by atoms with Crippen molar-refractivity contribution in [3.63, 3.8) is 0 Å². The number of para-hydroxylation sites is 1. The zero-order chi connectivity index (χ0) is 14.3. The molecule has 1 amide bonds. The average Bonchev–Trinajstić information content (AvgIpc) is 3.05. The lowest BCUT2D eigenvalue weighted by Crippen LogP contribution is -2.40. The maximum absolute atomic E-state index is 12.5. The van der Waals surface area contributed by atoms with Crippen molar-refractivity contribution in [2.24, 2.45) is 0 Å². The van der Waals surface area contributed by atoms with Crippen LogP contribution in [0, 0.1) is 6.92 Å². The molecule has 1 fully saturated rings. The van der Waals surface area contributed by atoms with E-state index < -0.39 is 12.0 Å². The van der Waals surface area contributed by atoms with Gasteiger partial charge in [0, 0.05) is 17.4 Å². The van der Waals surface area contributed by atoms with Crippen molar-refractivity contribution in [3.05, 3.63) is 35.5 Å². The highest BCUT2D eigenvalue weighted by Gasteiger charge is 2.34. The molecule has 1 aliphatic heterocycles. The minimum Gasteiger partial charge on any atom is -0.480 e. The van der Waals surface area contributed by atoms with Crippen LogP contribution in [0.3, 0.4) is 0 Å². The monoisotopic (exact) mass is 272 g/mol. The number of H-pyrrole nitrogens is 1. The Morgan fingerprint density at radius 3 is 2.90 bits per heavy atom. The summed E-state index contributed by atoms with van der Waals surface area (Å²) in [6.45, 7) is 2.48. The Bertz CT molecular complexity index is 689. The van der Waals surface area contributed by atoms with E-state index in [2.05, 4.69) is 4.98 Å². The lowest BCUT2D eigenvalue weighted by atomic mass is 10.2. The zero-order valence-corrected chi connectivity index (χ0v) is 11.2. The van der Waals surface area contributed by atoms with Crippen molar-refractivity contribution in [2.75, 3.05) is 6.54 Å². The molecule has 2 aromatic rings. The number of rotatable bonds is 2. The molecule has 2 N–H and O–H groups in total. The summed E-state index contributed by atoms with van der Waals surface area (Å²) in [6, 6.07) is 6.95. The molecular weight excluding hydrogens is 256 g/mol. The second-order valence-corrected chi connectivity index (χ2v) is 5.22. The summed E-state index contributed by atoms with van der Waals surface area (Å²) in [6.07, 6.45) is 1.27. The number of aliphatic carboxylic acids is 1. The molecule has 104 valence electrons. The molecule has 5 nitrogen and oxygen atoms in total. The number of benzene rings is 1. The normalized spacial score (nSPS) is 18.6. The summed E-state index contributed by atoms with van der Waals surface area (Å²) in [4.78, 5) is 28.2. The number of carbonyl (C=O) groups is 2. The van der Waals surface area contributed by atoms with E-state index in [1.54, 1.807) is 6.07 Å². The summed E-state index contributed by atoms with van der Waals surface area (Å²) in [5, 5.41) is 10.1. The number of nitrogens with zero attached hydrogens (tertiary/aromatic N) is 1. The predicted molar refractivity (Wildman–Crippen MR) is 74.7 cm³/mol. The molecule has 3 rings (SSSR count). The molecule has 0 saturated carbocycles. The quantitative estimate of drug-likeness (QED) is 0.880. The van der Waals surface area contributed by atoms with E-state index in [1.165, 1.54) is 4.90 Å². The fourth-order valence-electron chi connectivity index (χ4n) is 2.84. The van der Waals surface area contributed by atoms with Crippen molar-refractivity contribution in [1.29, 1.82) is 0 Å². The standard InChI is InChI=1S/C15H16N2O3/c1-9-4-2-5-10-8-11(16-13(9)10)14(18)17-7-3-6-12(17)15(19)20/h2,4-5,8,12,16H,3,6-7H2,1H3,(H,19,20)/t12-/m0/s1. The van der Waals surface area contributed by atoms with Crippen LogP contribution in [-0.4, -0.2) is 39.5 Å². The van der Waals surface area contributed by atoms with Crippen LogP contribution < -0.4 is 0 Å². The van der Waals surface area contributed by atoms with Gasteiger partial charge >= 0.3 is 5.97 Å². The van der Waals surface area contributed by atoms with E-state index >= 15 is 0 Å². The van der Waals surface area contributed by atoms with Crippen LogP contribution in [0.2, 0.25) is 0 Å². The van der Waals surface area contributed by atoms with Crippen LogP contribution in [0.4, 0.5) is 0 Å². The van der Waals surface area contributed by atoms with Crippen molar-refractivity contribution < 1.29 is 14.7 Å². The average molecular weight is 272 g/mol. The smallest absolute Gasteiger partial charge is 0.326 e. The minimum absolute atomic E-state index is 0.231. The van der Waals surface area contributed by atoms with Gasteiger partial charge in [0.05, 0.1) is 0 Å². The first-order valence-electron chi connectivity index (χ1n) is 6.70. The van der Waals surface area contributed by atoms with Crippen LogP contribution in [0.25, 0.3) is 10.9 Å². The molecular formula is C15H16N2O3. The van der Waals surface area contributed by atoms with Crippen LogP contribution in [0.15, 0.2) is 24.3 Å². The second kappa shape index (κ2) is 4.67. The SMILES string of the molecule is Cc1cccc2cc(C(=O)N3CCC[C@H]3C(=O)O)[nH]c12. The maximum atomic E-state index is 12.5. The number of carboxylic acids is 1. The van der Waals surface area contributed by atoms with E-state index in [4.69, 9.17) is 5.11 Å². The summed E-state index contributed by atoms with van der Waals surface area (Å²) in [5.74, 6) is -1.16. The third kappa shape index (κ3) is 1.95. The summed E-state index contributed by atoms with van der Waals surface area (Å²) in [7, 11) is 0. The van der Waals surface area contributed by atoms with Crippen LogP contribution >= 0.6 is 0 Å². The molecule has 1 aromatic carbocycles. The molecule has 0 unspecified atom stereocenters. The number of likely N-dealkylation sites (tertiary alicyclic amines) is 1. The number of aromatic amines is 1. The van der Waals surface area contributed by atoms with Gasteiger partial charge in [0.2, 0.25) is 0 Å². The number of carbonyl (C=O) groups excluding carboxylic acids is 1. The van der Waals surface area contributed by atoms with E-state index in [0.29, 0.717) is 18.7 Å². The molecule has 1 atom stereocenters. The van der Waals surface area contributed by atoms with Gasteiger partial charge in [0.25, 0.3) is 5.91 Å². The Labute approximate surface area is 116 Å². The number of aryl methyl sites for hydroxylation is 1. The van der Waals surface area contributed by atoms with E-state index in [1.807, 2.05) is 25.1 Å². The van der Waals surface area contributed by atoms with Crippen molar-refractivity contribution in [1.82, 2.24) is 9.88 Å². The van der Waals surface area contributed by atoms with E-state index in [-0.39, 0.29) is 5.91 Å². The molecule has 1 aromatic heterocycles. The predicted octanol–water partition coefficient (Wildman–Crippen LogP) is 2.17. The van der Waals surface area contributed by atoms with Gasteiger partial charge in [-0.25, -0.2) is 4.79 Å². The highest BCUT2D eigenvalue weighted by atomic mass is 16.4. The van der Waals surface area contributed by atoms with Crippen LogP contribution in [-0.2, 0) is 4.79 Å². The van der Waals surface area contributed by atoms with Gasteiger partial charge in [-0.3, -0.25) is 4.79 Å². The number of aromatic nitrogens is 1. The third-order valence-electron chi connectivity index (χ3n) is 3.89. The first kappa shape index (κ1) is 12.7. The fourth-order valence-corrected chi connectivity index (χ4v) is 2.84. The highest BCUT2D eigenvalue weighted by molar-refractivity contribution is 6.00.